The number of hydrogen-bond acceptors (Lipinski definition) is 4. The minimum Gasteiger partial charge on any atom is -0.389 e. The summed E-state index contributed by atoms with van der Waals surface area (Å²) < 4.78 is 5.97. The maximum absolute atomic E-state index is 10.5. The molecule has 0 aromatic carbocycles. The summed E-state index contributed by atoms with van der Waals surface area (Å²) in [5, 5.41) is 14.1. The summed E-state index contributed by atoms with van der Waals surface area (Å²) in [5.74, 6) is 2.18. The van der Waals surface area contributed by atoms with E-state index in [1.807, 2.05) is 11.8 Å². The van der Waals surface area contributed by atoms with Crippen LogP contribution in [0.25, 0.3) is 0 Å². The lowest BCUT2D eigenvalue weighted by molar-refractivity contribution is -0.122. The Morgan fingerprint density at radius 2 is 2.00 bits per heavy atom. The average Bonchev–Trinajstić information content (AvgIpc) is 2.42. The van der Waals surface area contributed by atoms with Crippen LogP contribution in [-0.2, 0) is 4.74 Å². The second-order valence-corrected chi connectivity index (χ2v) is 8.27. The molecule has 0 radical (unpaired) electrons. The first kappa shape index (κ1) is 16.6. The van der Waals surface area contributed by atoms with Crippen LogP contribution in [0.4, 0.5) is 0 Å². The van der Waals surface area contributed by atoms with E-state index in [4.69, 9.17) is 4.74 Å². The van der Waals surface area contributed by atoms with Crippen LogP contribution in [-0.4, -0.2) is 47.5 Å². The maximum Gasteiger partial charge on any atom is 0.0787 e. The van der Waals surface area contributed by atoms with Gasteiger partial charge in [0.1, 0.15) is 0 Å². The van der Waals surface area contributed by atoms with E-state index in [9.17, 15) is 5.11 Å². The number of nitrogens with one attached hydrogen (secondary N) is 1. The molecule has 0 aromatic heterocycles. The lowest BCUT2D eigenvalue weighted by atomic mass is 9.64. The quantitative estimate of drug-likeness (QED) is 0.710. The molecular weight excluding hydrogens is 270 g/mol. The van der Waals surface area contributed by atoms with Crippen LogP contribution in [0.5, 0.6) is 0 Å². The molecule has 2 rings (SSSR count). The highest BCUT2D eigenvalue weighted by atomic mass is 32.2. The minimum atomic E-state index is -0.477. The van der Waals surface area contributed by atoms with Crippen molar-refractivity contribution in [2.45, 2.75) is 70.6 Å². The van der Waals surface area contributed by atoms with Crippen molar-refractivity contribution in [1.29, 1.82) is 0 Å². The van der Waals surface area contributed by atoms with Gasteiger partial charge < -0.3 is 15.2 Å². The fraction of sp³-hybridized carbons (Fsp3) is 1.00. The summed E-state index contributed by atoms with van der Waals surface area (Å²) in [5.41, 5.74) is -0.289. The summed E-state index contributed by atoms with van der Waals surface area (Å²) in [7, 11) is 0. The van der Waals surface area contributed by atoms with Crippen molar-refractivity contribution < 1.29 is 9.84 Å². The minimum absolute atomic E-state index is 0.188. The Balaban J connectivity index is 1.72. The van der Waals surface area contributed by atoms with E-state index >= 15 is 0 Å². The number of hydrogen-bond donors (Lipinski definition) is 2. The summed E-state index contributed by atoms with van der Waals surface area (Å²) in [6.45, 7) is 8.39. The Hall–Kier alpha value is 0.230. The number of unbranched alkanes of at least 4 members (excludes halogenated alkanes) is 1. The smallest absolute Gasteiger partial charge is 0.0787 e. The Morgan fingerprint density at radius 3 is 2.60 bits per heavy atom. The SMILES string of the molecule is CCCCOC1CC(NCC2(O)CCSCC2)C1(C)C. The first-order valence-corrected chi connectivity index (χ1v) is 9.28. The van der Waals surface area contributed by atoms with Gasteiger partial charge >= 0.3 is 0 Å². The van der Waals surface area contributed by atoms with Crippen LogP contribution in [0.3, 0.4) is 0 Å². The molecule has 0 aromatic rings. The fourth-order valence-corrected chi connectivity index (χ4v) is 4.38. The summed E-state index contributed by atoms with van der Waals surface area (Å²) >= 11 is 1.95. The molecule has 1 saturated heterocycles. The highest BCUT2D eigenvalue weighted by Gasteiger charge is 2.49. The molecular formula is C16H31NO2S. The second-order valence-electron chi connectivity index (χ2n) is 7.04. The number of rotatable bonds is 7. The third kappa shape index (κ3) is 3.90. The van der Waals surface area contributed by atoms with Crippen LogP contribution in [0, 0.1) is 5.41 Å². The normalized spacial score (nSPS) is 31.8. The summed E-state index contributed by atoms with van der Waals surface area (Å²) in [6, 6.07) is 0.479. The van der Waals surface area contributed by atoms with Crippen LogP contribution >= 0.6 is 11.8 Å². The molecule has 2 atom stereocenters. The molecule has 1 heterocycles. The van der Waals surface area contributed by atoms with Crippen molar-refractivity contribution >= 4 is 11.8 Å². The van der Waals surface area contributed by atoms with Gasteiger partial charge in [-0.05, 0) is 37.2 Å². The topological polar surface area (TPSA) is 41.5 Å². The van der Waals surface area contributed by atoms with E-state index in [0.717, 1.165) is 50.3 Å². The van der Waals surface area contributed by atoms with Crippen LogP contribution in [0.1, 0.15) is 52.9 Å². The number of thioether (sulfide) groups is 1. The number of ether oxygens (including phenoxy) is 1. The van der Waals surface area contributed by atoms with Gasteiger partial charge in [-0.25, -0.2) is 0 Å². The van der Waals surface area contributed by atoms with E-state index in [0.29, 0.717) is 12.1 Å². The molecule has 0 bridgehead atoms. The molecule has 4 heteroatoms. The lowest BCUT2D eigenvalue weighted by Gasteiger charge is -2.52. The van der Waals surface area contributed by atoms with E-state index in [2.05, 4.69) is 26.1 Å². The van der Waals surface area contributed by atoms with E-state index in [1.165, 1.54) is 6.42 Å². The summed E-state index contributed by atoms with van der Waals surface area (Å²) in [4.78, 5) is 0. The maximum atomic E-state index is 10.5. The van der Waals surface area contributed by atoms with Crippen LogP contribution < -0.4 is 5.32 Å². The molecule has 2 N–H and O–H groups in total. The highest BCUT2D eigenvalue weighted by Crippen LogP contribution is 2.43. The molecule has 1 saturated carbocycles. The zero-order chi connectivity index (χ0) is 14.6. The molecule has 118 valence electrons. The Labute approximate surface area is 128 Å². The molecule has 2 fully saturated rings. The van der Waals surface area contributed by atoms with Gasteiger partial charge in [0.25, 0.3) is 0 Å². The van der Waals surface area contributed by atoms with Crippen molar-refractivity contribution in [2.75, 3.05) is 24.7 Å². The summed E-state index contributed by atoms with van der Waals surface area (Å²) in [6.07, 6.45) is 5.66. The van der Waals surface area contributed by atoms with Gasteiger partial charge in [0.2, 0.25) is 0 Å². The lowest BCUT2D eigenvalue weighted by Crippen LogP contribution is -2.63. The highest BCUT2D eigenvalue weighted by molar-refractivity contribution is 7.99. The Bertz CT molecular complexity index is 303. The first-order valence-electron chi connectivity index (χ1n) is 8.13. The standard InChI is InChI=1S/C16H31NO2S/c1-4-5-8-19-14-11-13(15(14,2)3)17-12-16(18)6-9-20-10-7-16/h13-14,17-18H,4-12H2,1-3H3. The van der Waals surface area contributed by atoms with Gasteiger partial charge in [0.15, 0.2) is 0 Å². The zero-order valence-corrected chi connectivity index (χ0v) is 14.1. The van der Waals surface area contributed by atoms with E-state index in [-0.39, 0.29) is 5.41 Å². The van der Waals surface area contributed by atoms with Gasteiger partial charge in [0.05, 0.1) is 11.7 Å². The Kier molecular flexibility index (Phi) is 5.80. The molecule has 3 nitrogen and oxygen atoms in total. The number of aliphatic hydroxyl groups is 1. The van der Waals surface area contributed by atoms with Gasteiger partial charge in [0, 0.05) is 24.6 Å². The molecule has 2 unspecified atom stereocenters. The fourth-order valence-electron chi connectivity index (χ4n) is 3.13. The van der Waals surface area contributed by atoms with Crippen molar-refractivity contribution in [3.8, 4) is 0 Å². The van der Waals surface area contributed by atoms with E-state index in [1.54, 1.807) is 0 Å². The van der Waals surface area contributed by atoms with E-state index < -0.39 is 5.60 Å². The van der Waals surface area contributed by atoms with Crippen molar-refractivity contribution in [3.63, 3.8) is 0 Å². The first-order chi connectivity index (χ1) is 9.48. The van der Waals surface area contributed by atoms with Gasteiger partial charge in [-0.3, -0.25) is 0 Å². The molecule has 1 aliphatic heterocycles. The molecule has 1 aliphatic carbocycles. The second kappa shape index (κ2) is 6.99. The van der Waals surface area contributed by atoms with Crippen LogP contribution in [0.2, 0.25) is 0 Å². The predicted octanol–water partition coefficient (Wildman–Crippen LogP) is 2.82. The van der Waals surface area contributed by atoms with Crippen molar-refractivity contribution in [3.05, 3.63) is 0 Å². The van der Waals surface area contributed by atoms with Gasteiger partial charge in [-0.2, -0.15) is 11.8 Å². The molecule has 0 amide bonds. The monoisotopic (exact) mass is 301 g/mol. The predicted molar refractivity (Wildman–Crippen MR) is 86.3 cm³/mol. The third-order valence-corrected chi connectivity index (χ3v) is 6.08. The van der Waals surface area contributed by atoms with Crippen LogP contribution in [0.15, 0.2) is 0 Å². The molecule has 20 heavy (non-hydrogen) atoms. The average molecular weight is 301 g/mol. The molecule has 2 aliphatic rings. The molecule has 0 spiro atoms. The van der Waals surface area contributed by atoms with Crippen molar-refractivity contribution in [2.24, 2.45) is 5.41 Å². The van der Waals surface area contributed by atoms with Crippen molar-refractivity contribution in [1.82, 2.24) is 5.32 Å². The van der Waals surface area contributed by atoms with Gasteiger partial charge in [-0.1, -0.05) is 27.2 Å². The third-order valence-electron chi connectivity index (χ3n) is 5.10. The Morgan fingerprint density at radius 1 is 1.30 bits per heavy atom. The largest absolute Gasteiger partial charge is 0.389 e. The zero-order valence-electron chi connectivity index (χ0n) is 13.3. The van der Waals surface area contributed by atoms with Gasteiger partial charge in [-0.15, -0.1) is 0 Å².